The van der Waals surface area contributed by atoms with Crippen LogP contribution in [-0.4, -0.2) is 36.3 Å². The Bertz CT molecular complexity index is 1930. The van der Waals surface area contributed by atoms with Gasteiger partial charge >= 0.3 is 5.97 Å². The van der Waals surface area contributed by atoms with Crippen molar-refractivity contribution in [2.24, 2.45) is 5.73 Å². The first-order valence-corrected chi connectivity index (χ1v) is 14.7. The number of hydrogen-bond donors (Lipinski definition) is 3. The van der Waals surface area contributed by atoms with Gasteiger partial charge in [-0.3, -0.25) is 9.59 Å². The quantitative estimate of drug-likeness (QED) is 0.150. The van der Waals surface area contributed by atoms with E-state index in [2.05, 4.69) is 19.1 Å². The molecular formula is C37H34F3NO6. The van der Waals surface area contributed by atoms with Crippen molar-refractivity contribution in [1.29, 1.82) is 0 Å². The molecule has 10 heteroatoms. The van der Waals surface area contributed by atoms with Gasteiger partial charge in [-0.2, -0.15) is 0 Å². The number of phenolic OH excluding ortho intramolecular Hbond substituents is 1. The van der Waals surface area contributed by atoms with Gasteiger partial charge < -0.3 is 25.4 Å². The Kier molecular flexibility index (Phi) is 10.8. The second kappa shape index (κ2) is 14.7. The normalized spacial score (nSPS) is 10.7. The van der Waals surface area contributed by atoms with Gasteiger partial charge in [-0.25, -0.2) is 13.2 Å². The number of benzene rings is 5. The fraction of sp³-hybridized carbons (Fsp3) is 0.189. The molecule has 0 radical (unpaired) electrons. The Morgan fingerprint density at radius 2 is 1.43 bits per heavy atom. The van der Waals surface area contributed by atoms with E-state index in [1.165, 1.54) is 13.0 Å². The second-order valence-corrected chi connectivity index (χ2v) is 10.7. The Hall–Kier alpha value is -5.51. The van der Waals surface area contributed by atoms with Crippen LogP contribution < -0.4 is 15.2 Å². The number of carbonyl (C=O) groups excluding carboxylic acids is 1. The number of primary amides is 1. The minimum atomic E-state index is -1.16. The summed E-state index contributed by atoms with van der Waals surface area (Å²) < 4.78 is 51.7. The minimum absolute atomic E-state index is 0.0378. The van der Waals surface area contributed by atoms with Crippen LogP contribution in [0, 0.1) is 24.4 Å². The SMILES string of the molecule is CCc1ccc(OC)c(-c2cccc3c(CCC(=O)O)cccc23)c1OC.Cc1cc(-c2cc(F)c(O)c(F)c2)cc(F)c1C(N)=O. The van der Waals surface area contributed by atoms with Crippen LogP contribution in [0.5, 0.6) is 17.2 Å². The number of rotatable bonds is 9. The lowest BCUT2D eigenvalue weighted by atomic mass is 9.92. The maximum absolute atomic E-state index is 13.8. The largest absolute Gasteiger partial charge is 0.503 e. The summed E-state index contributed by atoms with van der Waals surface area (Å²) >= 11 is 0. The maximum Gasteiger partial charge on any atom is 0.303 e. The fourth-order valence-electron chi connectivity index (χ4n) is 5.55. The van der Waals surface area contributed by atoms with Gasteiger partial charge in [-0.1, -0.05) is 55.5 Å². The fourth-order valence-corrected chi connectivity index (χ4v) is 5.55. The summed E-state index contributed by atoms with van der Waals surface area (Å²) in [6.07, 6.45) is 1.47. The van der Waals surface area contributed by atoms with Gasteiger partial charge in [0, 0.05) is 6.42 Å². The van der Waals surface area contributed by atoms with Crippen molar-refractivity contribution in [2.45, 2.75) is 33.1 Å². The van der Waals surface area contributed by atoms with Crippen LogP contribution >= 0.6 is 0 Å². The van der Waals surface area contributed by atoms with Gasteiger partial charge in [0.05, 0.1) is 25.3 Å². The Labute approximate surface area is 270 Å². The molecule has 7 nitrogen and oxygen atoms in total. The van der Waals surface area contributed by atoms with Gasteiger partial charge in [-0.15, -0.1) is 0 Å². The number of carbonyl (C=O) groups is 2. The molecule has 0 fully saturated rings. The van der Waals surface area contributed by atoms with Gasteiger partial charge in [0.2, 0.25) is 0 Å². The van der Waals surface area contributed by atoms with E-state index >= 15 is 0 Å². The molecule has 244 valence electrons. The van der Waals surface area contributed by atoms with E-state index in [1.54, 1.807) is 14.2 Å². The molecule has 0 aliphatic heterocycles. The average molecular weight is 646 g/mol. The second-order valence-electron chi connectivity index (χ2n) is 10.7. The van der Waals surface area contributed by atoms with E-state index in [0.717, 1.165) is 69.1 Å². The summed E-state index contributed by atoms with van der Waals surface area (Å²) in [7, 11) is 3.34. The number of ether oxygens (including phenoxy) is 2. The smallest absolute Gasteiger partial charge is 0.303 e. The van der Waals surface area contributed by atoms with Crippen LogP contribution in [0.2, 0.25) is 0 Å². The van der Waals surface area contributed by atoms with Crippen LogP contribution in [0.4, 0.5) is 13.2 Å². The molecule has 1 amide bonds. The molecule has 0 heterocycles. The van der Waals surface area contributed by atoms with Gasteiger partial charge in [0.1, 0.15) is 17.3 Å². The average Bonchev–Trinajstić information content (AvgIpc) is 3.04. The predicted molar refractivity (Wildman–Crippen MR) is 174 cm³/mol. The highest BCUT2D eigenvalue weighted by molar-refractivity contribution is 6.01. The van der Waals surface area contributed by atoms with E-state index in [0.29, 0.717) is 6.42 Å². The molecule has 0 spiro atoms. The first-order chi connectivity index (χ1) is 22.4. The molecule has 0 aliphatic rings. The highest BCUT2D eigenvalue weighted by atomic mass is 19.1. The zero-order valence-corrected chi connectivity index (χ0v) is 26.3. The topological polar surface area (TPSA) is 119 Å². The Balaban J connectivity index is 0.000000223. The number of nitrogens with two attached hydrogens (primary N) is 1. The van der Waals surface area contributed by atoms with Crippen molar-refractivity contribution in [3.63, 3.8) is 0 Å². The first kappa shape index (κ1) is 34.4. The molecule has 0 aliphatic carbocycles. The number of aryl methyl sites for hydroxylation is 3. The monoisotopic (exact) mass is 645 g/mol. The lowest BCUT2D eigenvalue weighted by Crippen LogP contribution is -2.15. The maximum atomic E-state index is 13.8. The van der Waals surface area contributed by atoms with E-state index < -0.39 is 35.1 Å². The van der Waals surface area contributed by atoms with Crippen molar-refractivity contribution >= 4 is 22.6 Å². The van der Waals surface area contributed by atoms with Crippen molar-refractivity contribution < 1.29 is 42.4 Å². The number of halogens is 3. The summed E-state index contributed by atoms with van der Waals surface area (Å²) in [5, 5.41) is 20.2. The minimum Gasteiger partial charge on any atom is -0.503 e. The van der Waals surface area contributed by atoms with Crippen molar-refractivity contribution in [3.05, 3.63) is 113 Å². The summed E-state index contributed by atoms with van der Waals surface area (Å²) in [4.78, 5) is 22.1. The number of carboxylic acid groups (broad SMARTS) is 1. The van der Waals surface area contributed by atoms with Crippen LogP contribution in [0.1, 0.15) is 40.4 Å². The number of phenols is 1. The standard InChI is InChI=1S/C23H24O4.C14H10F3NO2/c1-4-15-11-13-20(26-2)22(23(15)27-3)19-10-6-8-17-16(12-14-21(24)25)7-5-9-18(17)19;1-6-2-7(3-9(15)12(6)14(18)20)8-4-10(16)13(19)11(17)5-8/h5-11,13H,4,12,14H2,1-3H3,(H,24,25);2-5,19H,1H3,(H2,18,20). The summed E-state index contributed by atoms with van der Waals surface area (Å²) in [6, 6.07) is 20.2. The molecule has 47 heavy (non-hydrogen) atoms. The van der Waals surface area contributed by atoms with Crippen LogP contribution in [-0.2, 0) is 17.6 Å². The zero-order chi connectivity index (χ0) is 34.4. The number of amides is 1. The lowest BCUT2D eigenvalue weighted by molar-refractivity contribution is -0.136. The van der Waals surface area contributed by atoms with Crippen molar-refractivity contribution in [2.75, 3.05) is 14.2 Å². The van der Waals surface area contributed by atoms with E-state index in [-0.39, 0.29) is 28.7 Å². The molecule has 0 saturated heterocycles. The molecule has 4 N–H and O–H groups in total. The van der Waals surface area contributed by atoms with Gasteiger partial charge in [0.25, 0.3) is 5.91 Å². The number of aromatic hydroxyl groups is 1. The van der Waals surface area contributed by atoms with E-state index in [1.807, 2.05) is 36.4 Å². The molecule has 5 rings (SSSR count). The third kappa shape index (κ3) is 7.33. The summed E-state index contributed by atoms with van der Waals surface area (Å²) in [6.45, 7) is 3.56. The third-order valence-electron chi connectivity index (χ3n) is 7.78. The third-order valence-corrected chi connectivity index (χ3v) is 7.78. The van der Waals surface area contributed by atoms with Gasteiger partial charge in [-0.05, 0) is 88.2 Å². The summed E-state index contributed by atoms with van der Waals surface area (Å²) in [5.74, 6) is -4.42. The highest BCUT2D eigenvalue weighted by Crippen LogP contribution is 2.44. The van der Waals surface area contributed by atoms with Crippen LogP contribution in [0.25, 0.3) is 33.0 Å². The Morgan fingerprint density at radius 3 is 2.00 bits per heavy atom. The van der Waals surface area contributed by atoms with Crippen molar-refractivity contribution in [1.82, 2.24) is 0 Å². The highest BCUT2D eigenvalue weighted by Gasteiger charge is 2.19. The number of aliphatic carboxylic acids is 1. The molecule has 0 atom stereocenters. The molecular weight excluding hydrogens is 611 g/mol. The summed E-state index contributed by atoms with van der Waals surface area (Å²) in [5.41, 5.74) is 9.33. The number of carboxylic acids is 1. The van der Waals surface area contributed by atoms with Gasteiger partial charge in [0.15, 0.2) is 17.4 Å². The predicted octanol–water partition coefficient (Wildman–Crippen LogP) is 7.99. The van der Waals surface area contributed by atoms with E-state index in [9.17, 15) is 22.8 Å². The Morgan fingerprint density at radius 1 is 0.809 bits per heavy atom. The molecule has 0 saturated carbocycles. The number of hydrogen-bond acceptors (Lipinski definition) is 5. The molecule has 5 aromatic carbocycles. The van der Waals surface area contributed by atoms with Crippen LogP contribution in [0.15, 0.2) is 72.8 Å². The number of fused-ring (bicyclic) bond motifs is 1. The van der Waals surface area contributed by atoms with Crippen LogP contribution in [0.3, 0.4) is 0 Å². The molecule has 0 aromatic heterocycles. The number of methoxy groups -OCH3 is 2. The van der Waals surface area contributed by atoms with E-state index in [4.69, 9.17) is 25.4 Å². The van der Waals surface area contributed by atoms with Crippen molar-refractivity contribution in [3.8, 4) is 39.5 Å². The zero-order valence-electron chi connectivity index (χ0n) is 26.3. The molecule has 0 bridgehead atoms. The lowest BCUT2D eigenvalue weighted by Gasteiger charge is -2.18. The molecule has 0 unspecified atom stereocenters. The molecule has 5 aromatic rings. The first-order valence-electron chi connectivity index (χ1n) is 14.7.